The molecular weight excluding hydrogens is 424 g/mol. The number of amides is 1. The summed E-state index contributed by atoms with van der Waals surface area (Å²) >= 11 is 0. The van der Waals surface area contributed by atoms with Crippen LogP contribution in [0.4, 0.5) is 0 Å². The topological polar surface area (TPSA) is 111 Å². The quantitative estimate of drug-likeness (QED) is 0.264. The average molecular weight is 455 g/mol. The van der Waals surface area contributed by atoms with Crippen LogP contribution in [0.15, 0.2) is 16.5 Å². The number of esters is 1. The lowest BCUT2D eigenvalue weighted by Gasteiger charge is -2.08. The number of benzene rings is 1. The van der Waals surface area contributed by atoms with Crippen LogP contribution < -0.4 is 10.1 Å². The van der Waals surface area contributed by atoms with Crippen LogP contribution in [0.5, 0.6) is 5.75 Å². The predicted molar refractivity (Wildman–Crippen MR) is 123 cm³/mol. The molecule has 0 aliphatic carbocycles. The molecule has 8 heteroatoms. The van der Waals surface area contributed by atoms with E-state index in [1.54, 1.807) is 13.2 Å². The summed E-state index contributed by atoms with van der Waals surface area (Å²) in [5.41, 5.74) is 1.59. The minimum Gasteiger partial charge on any atom is -0.493 e. The molecule has 0 unspecified atom stereocenters. The van der Waals surface area contributed by atoms with E-state index in [-0.39, 0.29) is 18.9 Å². The standard InChI is InChI=1S/C25H30N2O6/c1-4-5-8-14-32-25(29)23-19-16-18(10-11-22(28)27-13-15-30-2)17-21(31-3)24(19)33-20(23)9-6-7-12-26/h1,16-17H,5-11,13-15H2,2-3H3,(H,27,28). The maximum Gasteiger partial charge on any atom is 0.342 e. The summed E-state index contributed by atoms with van der Waals surface area (Å²) < 4.78 is 21.9. The number of furan rings is 1. The summed E-state index contributed by atoms with van der Waals surface area (Å²) in [6.07, 6.45) is 8.37. The number of aryl methyl sites for hydroxylation is 2. The van der Waals surface area contributed by atoms with Gasteiger partial charge in [-0.15, -0.1) is 12.3 Å². The second-order valence-electron chi connectivity index (χ2n) is 7.37. The molecule has 0 aliphatic rings. The van der Waals surface area contributed by atoms with Crippen molar-refractivity contribution in [3.63, 3.8) is 0 Å². The first-order valence-electron chi connectivity index (χ1n) is 10.9. The summed E-state index contributed by atoms with van der Waals surface area (Å²) in [5.74, 6) is 2.84. The molecule has 0 spiro atoms. The summed E-state index contributed by atoms with van der Waals surface area (Å²) in [6, 6.07) is 5.73. The highest BCUT2D eigenvalue weighted by Gasteiger charge is 2.25. The molecule has 1 amide bonds. The zero-order chi connectivity index (χ0) is 24.1. The number of terminal acetylenes is 1. The fourth-order valence-corrected chi connectivity index (χ4v) is 3.35. The Balaban J connectivity index is 2.33. The molecule has 0 aliphatic heterocycles. The maximum atomic E-state index is 12.9. The molecular formula is C25H30N2O6. The van der Waals surface area contributed by atoms with E-state index >= 15 is 0 Å². The molecule has 1 aromatic heterocycles. The molecule has 0 bridgehead atoms. The van der Waals surface area contributed by atoms with E-state index in [0.717, 1.165) is 5.56 Å². The van der Waals surface area contributed by atoms with E-state index in [1.165, 1.54) is 7.11 Å². The van der Waals surface area contributed by atoms with Crippen LogP contribution >= 0.6 is 0 Å². The number of carbonyl (C=O) groups is 2. The predicted octanol–water partition coefficient (Wildman–Crippen LogP) is 3.55. The highest BCUT2D eigenvalue weighted by Crippen LogP contribution is 2.36. The molecule has 0 saturated heterocycles. The number of nitrogens with one attached hydrogen (secondary N) is 1. The van der Waals surface area contributed by atoms with E-state index in [4.69, 9.17) is 30.3 Å². The second kappa shape index (κ2) is 13.8. The number of hydrogen-bond donors (Lipinski definition) is 1. The third kappa shape index (κ3) is 7.55. The number of fused-ring (bicyclic) bond motifs is 1. The first-order valence-corrected chi connectivity index (χ1v) is 10.9. The first-order chi connectivity index (χ1) is 16.0. The number of nitrogens with zero attached hydrogens (tertiary/aromatic N) is 1. The monoisotopic (exact) mass is 454 g/mol. The molecule has 2 aromatic rings. The van der Waals surface area contributed by atoms with Crippen molar-refractivity contribution in [2.75, 3.05) is 34.0 Å². The van der Waals surface area contributed by atoms with Gasteiger partial charge in [0.2, 0.25) is 5.91 Å². The molecule has 0 fully saturated rings. The summed E-state index contributed by atoms with van der Waals surface area (Å²) in [6.45, 7) is 1.09. The lowest BCUT2D eigenvalue weighted by Crippen LogP contribution is -2.27. The van der Waals surface area contributed by atoms with Gasteiger partial charge in [-0.2, -0.15) is 5.26 Å². The third-order valence-electron chi connectivity index (χ3n) is 4.97. The van der Waals surface area contributed by atoms with Gasteiger partial charge < -0.3 is 23.9 Å². The molecule has 1 aromatic carbocycles. The summed E-state index contributed by atoms with van der Waals surface area (Å²) in [7, 11) is 3.09. The van der Waals surface area contributed by atoms with Crippen LogP contribution in [-0.4, -0.2) is 45.9 Å². The Morgan fingerprint density at radius 1 is 1.15 bits per heavy atom. The third-order valence-corrected chi connectivity index (χ3v) is 4.97. The van der Waals surface area contributed by atoms with Crippen molar-refractivity contribution in [1.82, 2.24) is 5.32 Å². The Morgan fingerprint density at radius 3 is 2.67 bits per heavy atom. The number of methoxy groups -OCH3 is 2. The van der Waals surface area contributed by atoms with Crippen molar-refractivity contribution in [3.05, 3.63) is 29.0 Å². The van der Waals surface area contributed by atoms with Crippen LogP contribution in [0.2, 0.25) is 0 Å². The van der Waals surface area contributed by atoms with Crippen molar-refractivity contribution >= 4 is 22.8 Å². The zero-order valence-electron chi connectivity index (χ0n) is 19.2. The fraction of sp³-hybridized carbons (Fsp3) is 0.480. The molecule has 2 rings (SSSR count). The lowest BCUT2D eigenvalue weighted by molar-refractivity contribution is -0.121. The smallest absolute Gasteiger partial charge is 0.342 e. The SMILES string of the molecule is C#CCCCOC(=O)c1c(CCCC#N)oc2c(OC)cc(CCC(=O)NCCOC)cc12. The minimum absolute atomic E-state index is 0.0938. The Labute approximate surface area is 194 Å². The van der Waals surface area contributed by atoms with Gasteiger partial charge in [0.05, 0.1) is 26.4 Å². The van der Waals surface area contributed by atoms with E-state index in [1.807, 2.05) is 6.07 Å². The van der Waals surface area contributed by atoms with Gasteiger partial charge in [0.1, 0.15) is 11.3 Å². The van der Waals surface area contributed by atoms with Gasteiger partial charge in [-0.3, -0.25) is 4.79 Å². The Kier molecular flexibility index (Phi) is 10.8. The van der Waals surface area contributed by atoms with E-state index in [0.29, 0.717) is 79.7 Å². The van der Waals surface area contributed by atoms with Gasteiger partial charge in [-0.25, -0.2) is 4.79 Å². The number of unbranched alkanes of at least 4 members (excludes halogenated alkanes) is 2. The van der Waals surface area contributed by atoms with Crippen molar-refractivity contribution < 1.29 is 28.2 Å². The van der Waals surface area contributed by atoms with Crippen LogP contribution in [0.1, 0.15) is 53.8 Å². The minimum atomic E-state index is -0.505. The fourth-order valence-electron chi connectivity index (χ4n) is 3.35. The van der Waals surface area contributed by atoms with Crippen LogP contribution in [0.3, 0.4) is 0 Å². The normalized spacial score (nSPS) is 10.4. The summed E-state index contributed by atoms with van der Waals surface area (Å²) in [4.78, 5) is 25.0. The molecule has 8 nitrogen and oxygen atoms in total. The van der Waals surface area contributed by atoms with Crippen LogP contribution in [-0.2, 0) is 27.1 Å². The molecule has 176 valence electrons. The second-order valence-corrected chi connectivity index (χ2v) is 7.37. The van der Waals surface area contributed by atoms with Crippen molar-refractivity contribution in [1.29, 1.82) is 5.26 Å². The molecule has 0 saturated carbocycles. The molecule has 0 radical (unpaired) electrons. The zero-order valence-corrected chi connectivity index (χ0v) is 19.2. The van der Waals surface area contributed by atoms with Crippen molar-refractivity contribution in [2.24, 2.45) is 0 Å². The van der Waals surface area contributed by atoms with E-state index in [2.05, 4.69) is 17.3 Å². The number of carbonyl (C=O) groups excluding carboxylic acids is 2. The molecule has 33 heavy (non-hydrogen) atoms. The van der Waals surface area contributed by atoms with Gasteiger partial charge >= 0.3 is 5.97 Å². The maximum absolute atomic E-state index is 12.9. The van der Waals surface area contributed by atoms with Crippen LogP contribution in [0, 0.1) is 23.7 Å². The molecule has 1 heterocycles. The molecule has 1 N–H and O–H groups in total. The number of hydrogen-bond acceptors (Lipinski definition) is 7. The van der Waals surface area contributed by atoms with Gasteiger partial charge in [0.25, 0.3) is 0 Å². The highest BCUT2D eigenvalue weighted by atomic mass is 16.5. The van der Waals surface area contributed by atoms with Gasteiger partial charge in [-0.1, -0.05) is 0 Å². The Bertz CT molecular complexity index is 1030. The average Bonchev–Trinajstić information content (AvgIpc) is 3.18. The van der Waals surface area contributed by atoms with Gasteiger partial charge in [0, 0.05) is 44.7 Å². The van der Waals surface area contributed by atoms with Gasteiger partial charge in [0.15, 0.2) is 11.3 Å². The number of ether oxygens (including phenoxy) is 3. The highest BCUT2D eigenvalue weighted by molar-refractivity contribution is 6.06. The van der Waals surface area contributed by atoms with Gasteiger partial charge in [-0.05, 0) is 37.0 Å². The Hall–Kier alpha value is -3.49. The Morgan fingerprint density at radius 2 is 1.97 bits per heavy atom. The van der Waals surface area contributed by atoms with E-state index < -0.39 is 5.97 Å². The first kappa shape index (κ1) is 25.8. The number of nitriles is 1. The van der Waals surface area contributed by atoms with Crippen molar-refractivity contribution in [2.45, 2.75) is 44.9 Å². The van der Waals surface area contributed by atoms with Crippen molar-refractivity contribution in [3.8, 4) is 24.2 Å². The summed E-state index contributed by atoms with van der Waals surface area (Å²) in [5, 5.41) is 12.2. The molecule has 0 atom stereocenters. The number of rotatable bonds is 14. The van der Waals surface area contributed by atoms with Crippen LogP contribution in [0.25, 0.3) is 11.0 Å². The lowest BCUT2D eigenvalue weighted by atomic mass is 10.0. The largest absolute Gasteiger partial charge is 0.493 e. The van der Waals surface area contributed by atoms with E-state index in [9.17, 15) is 9.59 Å².